The van der Waals surface area contributed by atoms with Gasteiger partial charge in [0.2, 0.25) is 5.91 Å². The highest BCUT2D eigenvalue weighted by atomic mass is 16.1. The van der Waals surface area contributed by atoms with Crippen molar-refractivity contribution in [2.24, 2.45) is 11.7 Å². The number of hydrogen-bond donors (Lipinski definition) is 2. The van der Waals surface area contributed by atoms with Gasteiger partial charge in [-0.1, -0.05) is 6.42 Å². The summed E-state index contributed by atoms with van der Waals surface area (Å²) < 4.78 is 0. The number of nitrogens with one attached hydrogen (secondary N) is 1. The van der Waals surface area contributed by atoms with Gasteiger partial charge in [0, 0.05) is 6.04 Å². The maximum Gasteiger partial charge on any atom is 0.231 e. The minimum Gasteiger partial charge on any atom is -0.369 e. The molecule has 2 fully saturated rings. The van der Waals surface area contributed by atoms with E-state index in [2.05, 4.69) is 10.2 Å². The third-order valence-corrected chi connectivity index (χ3v) is 3.67. The highest BCUT2D eigenvalue weighted by Crippen LogP contribution is 2.26. The number of amides is 1. The number of piperidine rings is 1. The van der Waals surface area contributed by atoms with Gasteiger partial charge in [0.1, 0.15) is 0 Å². The third kappa shape index (κ3) is 2.69. The molecule has 0 aromatic carbocycles. The molecular weight excluding hydrogens is 190 g/mol. The number of primary amides is 1. The first kappa shape index (κ1) is 10.9. The van der Waals surface area contributed by atoms with E-state index < -0.39 is 0 Å². The van der Waals surface area contributed by atoms with Crippen molar-refractivity contribution in [2.75, 3.05) is 26.2 Å². The first-order valence-electron chi connectivity index (χ1n) is 6.00. The summed E-state index contributed by atoms with van der Waals surface area (Å²) in [7, 11) is 0. The van der Waals surface area contributed by atoms with Gasteiger partial charge in [0.15, 0.2) is 0 Å². The van der Waals surface area contributed by atoms with Gasteiger partial charge in [-0.05, 0) is 44.8 Å². The van der Waals surface area contributed by atoms with Crippen molar-refractivity contribution in [3.63, 3.8) is 0 Å². The number of carbonyl (C=O) groups excluding carboxylic acids is 1. The molecule has 86 valence electrons. The van der Waals surface area contributed by atoms with Crippen LogP contribution in [-0.2, 0) is 4.79 Å². The molecule has 4 heteroatoms. The minimum atomic E-state index is -0.186. The van der Waals surface area contributed by atoms with Gasteiger partial charge in [-0.2, -0.15) is 0 Å². The average molecular weight is 211 g/mol. The molecule has 15 heavy (non-hydrogen) atoms. The SMILES string of the molecule is NC(=O)CN1CCCC[C@H]2CNCC[C@H]21. The molecule has 0 spiro atoms. The molecule has 2 heterocycles. The zero-order chi connectivity index (χ0) is 10.7. The van der Waals surface area contributed by atoms with Crippen molar-refractivity contribution in [3.05, 3.63) is 0 Å². The van der Waals surface area contributed by atoms with Crippen LogP contribution >= 0.6 is 0 Å². The Labute approximate surface area is 91.2 Å². The summed E-state index contributed by atoms with van der Waals surface area (Å²) in [5.41, 5.74) is 5.30. The van der Waals surface area contributed by atoms with Crippen LogP contribution < -0.4 is 11.1 Å². The molecule has 0 aromatic heterocycles. The van der Waals surface area contributed by atoms with Gasteiger partial charge in [-0.15, -0.1) is 0 Å². The highest BCUT2D eigenvalue weighted by Gasteiger charge is 2.31. The topological polar surface area (TPSA) is 58.4 Å². The van der Waals surface area contributed by atoms with Crippen LogP contribution in [-0.4, -0.2) is 43.0 Å². The lowest BCUT2D eigenvalue weighted by atomic mass is 9.89. The van der Waals surface area contributed by atoms with Crippen molar-refractivity contribution in [1.82, 2.24) is 10.2 Å². The maximum absolute atomic E-state index is 11.0. The van der Waals surface area contributed by atoms with Gasteiger partial charge >= 0.3 is 0 Å². The van der Waals surface area contributed by atoms with E-state index in [0.717, 1.165) is 32.0 Å². The summed E-state index contributed by atoms with van der Waals surface area (Å²) in [6.45, 7) is 3.68. The molecule has 2 atom stereocenters. The Hall–Kier alpha value is -0.610. The Kier molecular flexibility index (Phi) is 3.59. The molecule has 0 bridgehead atoms. The molecule has 0 radical (unpaired) electrons. The zero-order valence-corrected chi connectivity index (χ0v) is 9.24. The summed E-state index contributed by atoms with van der Waals surface area (Å²) in [4.78, 5) is 13.3. The van der Waals surface area contributed by atoms with Crippen molar-refractivity contribution in [1.29, 1.82) is 0 Å². The van der Waals surface area contributed by atoms with Crippen LogP contribution in [0.2, 0.25) is 0 Å². The smallest absolute Gasteiger partial charge is 0.231 e. The fourth-order valence-electron chi connectivity index (χ4n) is 2.97. The molecule has 2 aliphatic rings. The quantitative estimate of drug-likeness (QED) is 0.672. The van der Waals surface area contributed by atoms with Crippen LogP contribution in [0.15, 0.2) is 0 Å². The molecule has 2 rings (SSSR count). The lowest BCUT2D eigenvalue weighted by molar-refractivity contribution is -0.120. The van der Waals surface area contributed by atoms with Gasteiger partial charge in [0.25, 0.3) is 0 Å². The number of fused-ring (bicyclic) bond motifs is 1. The summed E-state index contributed by atoms with van der Waals surface area (Å²) >= 11 is 0. The number of nitrogens with zero attached hydrogens (tertiary/aromatic N) is 1. The highest BCUT2D eigenvalue weighted by molar-refractivity contribution is 5.75. The minimum absolute atomic E-state index is 0.186. The molecule has 2 saturated heterocycles. The molecule has 1 amide bonds. The second-order valence-electron chi connectivity index (χ2n) is 4.75. The Balaban J connectivity index is 2.02. The van der Waals surface area contributed by atoms with E-state index in [4.69, 9.17) is 5.73 Å². The fraction of sp³-hybridized carbons (Fsp3) is 0.909. The number of carbonyl (C=O) groups is 1. The van der Waals surface area contributed by atoms with E-state index in [9.17, 15) is 4.79 Å². The number of hydrogen-bond acceptors (Lipinski definition) is 3. The molecule has 0 unspecified atom stereocenters. The standard InChI is InChI=1S/C11H21N3O/c12-11(15)8-14-6-2-1-3-9-7-13-5-4-10(9)14/h9-10,13H,1-8H2,(H2,12,15)/t9-,10+/m0/s1. The Morgan fingerprint density at radius 2 is 2.27 bits per heavy atom. The van der Waals surface area contributed by atoms with Crippen molar-refractivity contribution in [2.45, 2.75) is 31.7 Å². The first-order chi connectivity index (χ1) is 7.27. The average Bonchev–Trinajstić information content (AvgIpc) is 2.41. The lowest BCUT2D eigenvalue weighted by Crippen LogP contribution is -2.50. The van der Waals surface area contributed by atoms with E-state index in [1.807, 2.05) is 0 Å². The van der Waals surface area contributed by atoms with Gasteiger partial charge in [-0.3, -0.25) is 9.69 Å². The second-order valence-corrected chi connectivity index (χ2v) is 4.75. The lowest BCUT2D eigenvalue weighted by Gasteiger charge is -2.37. The summed E-state index contributed by atoms with van der Waals surface area (Å²) in [5.74, 6) is 0.537. The van der Waals surface area contributed by atoms with E-state index in [-0.39, 0.29) is 5.91 Å². The molecule has 0 aliphatic carbocycles. The molecular formula is C11H21N3O. The molecule has 3 N–H and O–H groups in total. The summed E-state index contributed by atoms with van der Waals surface area (Å²) in [6.07, 6.45) is 4.96. The fourth-order valence-corrected chi connectivity index (χ4v) is 2.97. The Morgan fingerprint density at radius 3 is 3.07 bits per heavy atom. The summed E-state index contributed by atoms with van der Waals surface area (Å²) in [5, 5.41) is 3.44. The second kappa shape index (κ2) is 4.94. The van der Waals surface area contributed by atoms with Crippen molar-refractivity contribution >= 4 is 5.91 Å². The third-order valence-electron chi connectivity index (χ3n) is 3.67. The number of nitrogens with two attached hydrogens (primary N) is 1. The van der Waals surface area contributed by atoms with Crippen LogP contribution in [0.4, 0.5) is 0 Å². The van der Waals surface area contributed by atoms with Gasteiger partial charge in [-0.25, -0.2) is 0 Å². The monoisotopic (exact) mass is 211 g/mol. The predicted molar refractivity (Wildman–Crippen MR) is 59.4 cm³/mol. The predicted octanol–water partition coefficient (Wildman–Crippen LogP) is -0.0643. The summed E-state index contributed by atoms with van der Waals surface area (Å²) in [6, 6.07) is 0.584. The van der Waals surface area contributed by atoms with Crippen molar-refractivity contribution < 1.29 is 4.79 Å². The molecule has 0 aromatic rings. The van der Waals surface area contributed by atoms with Crippen LogP contribution in [0.5, 0.6) is 0 Å². The zero-order valence-electron chi connectivity index (χ0n) is 9.24. The van der Waals surface area contributed by atoms with Gasteiger partial charge < -0.3 is 11.1 Å². The van der Waals surface area contributed by atoms with E-state index >= 15 is 0 Å². The van der Waals surface area contributed by atoms with E-state index in [1.165, 1.54) is 19.3 Å². The molecule has 4 nitrogen and oxygen atoms in total. The van der Waals surface area contributed by atoms with Crippen LogP contribution in [0, 0.1) is 5.92 Å². The number of rotatable bonds is 2. The van der Waals surface area contributed by atoms with Crippen LogP contribution in [0.3, 0.4) is 0 Å². The first-order valence-corrected chi connectivity index (χ1v) is 6.00. The van der Waals surface area contributed by atoms with E-state index in [1.54, 1.807) is 0 Å². The Morgan fingerprint density at radius 1 is 1.40 bits per heavy atom. The molecule has 2 aliphatic heterocycles. The van der Waals surface area contributed by atoms with Gasteiger partial charge in [0.05, 0.1) is 6.54 Å². The van der Waals surface area contributed by atoms with E-state index in [0.29, 0.717) is 12.6 Å². The normalized spacial score (nSPS) is 33.1. The molecule has 0 saturated carbocycles. The maximum atomic E-state index is 11.0. The number of likely N-dealkylation sites (tertiary alicyclic amines) is 1. The van der Waals surface area contributed by atoms with Crippen molar-refractivity contribution in [3.8, 4) is 0 Å². The van der Waals surface area contributed by atoms with Crippen LogP contribution in [0.1, 0.15) is 25.7 Å². The van der Waals surface area contributed by atoms with Crippen LogP contribution in [0.25, 0.3) is 0 Å². The largest absolute Gasteiger partial charge is 0.369 e. The Bertz CT molecular complexity index is 232.